The molecule has 17 heavy (non-hydrogen) atoms. The normalized spacial score (nSPS) is 31.5. The highest BCUT2D eigenvalue weighted by molar-refractivity contribution is 14.1. The van der Waals surface area contributed by atoms with Gasteiger partial charge in [-0.2, -0.15) is 0 Å². The second kappa shape index (κ2) is 4.34. The Morgan fingerprint density at radius 3 is 3.06 bits per heavy atom. The first kappa shape index (κ1) is 11.6. The second-order valence-corrected chi connectivity index (χ2v) is 6.90. The van der Waals surface area contributed by atoms with Crippen molar-refractivity contribution < 1.29 is 0 Å². The minimum Gasteiger partial charge on any atom is -0.381 e. The van der Waals surface area contributed by atoms with Gasteiger partial charge in [-0.05, 0) is 59.5 Å². The predicted octanol–water partition coefficient (Wildman–Crippen LogP) is 4.08. The van der Waals surface area contributed by atoms with E-state index in [0.717, 1.165) is 12.5 Å². The summed E-state index contributed by atoms with van der Waals surface area (Å²) in [6.07, 6.45) is 5.35. The zero-order chi connectivity index (χ0) is 11.9. The third kappa shape index (κ3) is 2.26. The second-order valence-electron chi connectivity index (χ2n) is 5.65. The molecule has 2 atom stereocenters. The number of benzene rings is 1. The number of rotatable bonds is 0. The molecule has 1 fully saturated rings. The van der Waals surface area contributed by atoms with E-state index in [-0.39, 0.29) is 0 Å². The van der Waals surface area contributed by atoms with E-state index in [9.17, 15) is 0 Å². The molecule has 1 aromatic rings. The van der Waals surface area contributed by atoms with Crippen molar-refractivity contribution in [1.29, 1.82) is 0 Å². The van der Waals surface area contributed by atoms with Gasteiger partial charge in [-0.15, -0.1) is 0 Å². The summed E-state index contributed by atoms with van der Waals surface area (Å²) in [7, 11) is 0. The van der Waals surface area contributed by atoms with Crippen LogP contribution in [0.25, 0.3) is 0 Å². The van der Waals surface area contributed by atoms with Gasteiger partial charge in [-0.3, -0.25) is 0 Å². The van der Waals surface area contributed by atoms with Crippen LogP contribution >= 0.6 is 22.6 Å². The molecule has 1 saturated carbocycles. The molecule has 0 aromatic heterocycles. The van der Waals surface area contributed by atoms with Crippen LogP contribution < -0.4 is 10.6 Å². The monoisotopic (exact) mass is 342 g/mol. The van der Waals surface area contributed by atoms with Crippen molar-refractivity contribution in [2.24, 2.45) is 5.92 Å². The predicted molar refractivity (Wildman–Crippen MR) is 81.6 cm³/mol. The summed E-state index contributed by atoms with van der Waals surface area (Å²) in [6.45, 7) is 3.45. The van der Waals surface area contributed by atoms with Crippen molar-refractivity contribution in [3.63, 3.8) is 0 Å². The average Bonchev–Trinajstić information content (AvgIpc) is 2.30. The van der Waals surface area contributed by atoms with Crippen LogP contribution in [0.3, 0.4) is 0 Å². The van der Waals surface area contributed by atoms with Crippen molar-refractivity contribution in [2.75, 3.05) is 17.2 Å². The van der Waals surface area contributed by atoms with Gasteiger partial charge in [0.05, 0.1) is 16.9 Å². The minimum absolute atomic E-state index is 0.303. The Labute approximate surface area is 117 Å². The maximum Gasteiger partial charge on any atom is 0.0587 e. The van der Waals surface area contributed by atoms with E-state index in [0.29, 0.717) is 5.54 Å². The van der Waals surface area contributed by atoms with Gasteiger partial charge in [-0.25, -0.2) is 0 Å². The van der Waals surface area contributed by atoms with Crippen molar-refractivity contribution in [3.8, 4) is 0 Å². The first-order chi connectivity index (χ1) is 8.17. The SMILES string of the molecule is CC1CCCC2(CNc3cc(I)ccc3N2)C1. The largest absolute Gasteiger partial charge is 0.381 e. The lowest BCUT2D eigenvalue weighted by Gasteiger charge is -2.45. The van der Waals surface area contributed by atoms with Crippen molar-refractivity contribution in [1.82, 2.24) is 0 Å². The third-order valence-electron chi connectivity index (χ3n) is 4.09. The molecule has 1 aliphatic carbocycles. The van der Waals surface area contributed by atoms with Gasteiger partial charge in [0.25, 0.3) is 0 Å². The van der Waals surface area contributed by atoms with E-state index in [2.05, 4.69) is 58.3 Å². The average molecular weight is 342 g/mol. The standard InChI is InChI=1S/C14H19IN2/c1-10-3-2-6-14(8-10)9-16-13-7-11(15)4-5-12(13)17-14/h4-5,7,10,16-17H,2-3,6,8-9H2,1H3. The lowest BCUT2D eigenvalue weighted by Crippen LogP contribution is -2.50. The Morgan fingerprint density at radius 2 is 2.24 bits per heavy atom. The number of fused-ring (bicyclic) bond motifs is 1. The molecule has 3 rings (SSSR count). The maximum atomic E-state index is 3.80. The first-order valence-electron chi connectivity index (χ1n) is 6.49. The van der Waals surface area contributed by atoms with Crippen molar-refractivity contribution >= 4 is 34.0 Å². The Kier molecular flexibility index (Phi) is 2.97. The van der Waals surface area contributed by atoms with Crippen LogP contribution in [-0.2, 0) is 0 Å². The Bertz CT molecular complexity index is 432. The minimum atomic E-state index is 0.303. The highest BCUT2D eigenvalue weighted by Crippen LogP contribution is 2.40. The van der Waals surface area contributed by atoms with E-state index in [1.807, 2.05) is 0 Å². The smallest absolute Gasteiger partial charge is 0.0587 e. The van der Waals surface area contributed by atoms with Crippen LogP contribution in [-0.4, -0.2) is 12.1 Å². The molecule has 2 aliphatic rings. The highest BCUT2D eigenvalue weighted by Gasteiger charge is 2.37. The quantitative estimate of drug-likeness (QED) is 0.695. The molecule has 0 amide bonds. The fraction of sp³-hybridized carbons (Fsp3) is 0.571. The molecule has 1 aliphatic heterocycles. The Morgan fingerprint density at radius 1 is 1.35 bits per heavy atom. The Hall–Kier alpha value is -0.450. The van der Waals surface area contributed by atoms with E-state index in [4.69, 9.17) is 0 Å². The highest BCUT2D eigenvalue weighted by atomic mass is 127. The number of nitrogens with one attached hydrogen (secondary N) is 2. The molecule has 2 N–H and O–H groups in total. The molecule has 3 heteroatoms. The van der Waals surface area contributed by atoms with Crippen LogP contribution in [0, 0.1) is 9.49 Å². The summed E-state index contributed by atoms with van der Waals surface area (Å²) in [5, 5.41) is 7.42. The van der Waals surface area contributed by atoms with Crippen LogP contribution in [0.15, 0.2) is 18.2 Å². The fourth-order valence-electron chi connectivity index (χ4n) is 3.30. The topological polar surface area (TPSA) is 24.1 Å². The summed E-state index contributed by atoms with van der Waals surface area (Å²) >= 11 is 2.37. The van der Waals surface area contributed by atoms with E-state index in [1.165, 1.54) is 40.6 Å². The lowest BCUT2D eigenvalue weighted by atomic mass is 9.75. The van der Waals surface area contributed by atoms with Gasteiger partial charge in [0.15, 0.2) is 0 Å². The number of anilines is 2. The molecule has 92 valence electrons. The van der Waals surface area contributed by atoms with Gasteiger partial charge in [0.2, 0.25) is 0 Å². The van der Waals surface area contributed by atoms with E-state index >= 15 is 0 Å². The van der Waals surface area contributed by atoms with Gasteiger partial charge in [0.1, 0.15) is 0 Å². The molecular weight excluding hydrogens is 323 g/mol. The maximum absolute atomic E-state index is 3.80. The van der Waals surface area contributed by atoms with Gasteiger partial charge in [-0.1, -0.05) is 19.8 Å². The number of halogens is 1. The molecule has 2 unspecified atom stereocenters. The summed E-state index contributed by atoms with van der Waals surface area (Å²) < 4.78 is 1.30. The summed E-state index contributed by atoms with van der Waals surface area (Å²) in [5.41, 5.74) is 2.85. The molecule has 0 saturated heterocycles. The van der Waals surface area contributed by atoms with Crippen molar-refractivity contribution in [3.05, 3.63) is 21.8 Å². The molecule has 0 bridgehead atoms. The van der Waals surface area contributed by atoms with Crippen molar-refractivity contribution in [2.45, 2.75) is 38.1 Å². The van der Waals surface area contributed by atoms with Crippen LogP contribution in [0.2, 0.25) is 0 Å². The van der Waals surface area contributed by atoms with Crippen LogP contribution in [0.4, 0.5) is 11.4 Å². The number of hydrogen-bond acceptors (Lipinski definition) is 2. The molecular formula is C14H19IN2. The summed E-state index contributed by atoms with van der Waals surface area (Å²) in [6, 6.07) is 6.62. The third-order valence-corrected chi connectivity index (χ3v) is 4.76. The van der Waals surface area contributed by atoms with Gasteiger partial charge >= 0.3 is 0 Å². The molecule has 1 heterocycles. The van der Waals surface area contributed by atoms with E-state index in [1.54, 1.807) is 0 Å². The molecule has 1 aromatic carbocycles. The summed E-state index contributed by atoms with van der Waals surface area (Å²) in [4.78, 5) is 0. The first-order valence-corrected chi connectivity index (χ1v) is 7.56. The van der Waals surface area contributed by atoms with Gasteiger partial charge < -0.3 is 10.6 Å². The number of hydrogen-bond donors (Lipinski definition) is 2. The fourth-order valence-corrected chi connectivity index (χ4v) is 3.79. The molecule has 0 radical (unpaired) electrons. The molecule has 2 nitrogen and oxygen atoms in total. The lowest BCUT2D eigenvalue weighted by molar-refractivity contribution is 0.266. The van der Waals surface area contributed by atoms with Crippen LogP contribution in [0.1, 0.15) is 32.6 Å². The molecule has 1 spiro atoms. The van der Waals surface area contributed by atoms with Gasteiger partial charge in [0, 0.05) is 10.1 Å². The van der Waals surface area contributed by atoms with Crippen LogP contribution in [0.5, 0.6) is 0 Å². The summed E-state index contributed by atoms with van der Waals surface area (Å²) in [5.74, 6) is 0.850. The Balaban J connectivity index is 1.86. The zero-order valence-electron chi connectivity index (χ0n) is 10.2. The zero-order valence-corrected chi connectivity index (χ0v) is 12.4. The van der Waals surface area contributed by atoms with E-state index < -0.39 is 0 Å².